The van der Waals surface area contributed by atoms with Crippen LogP contribution in [0.2, 0.25) is 0 Å². The highest BCUT2D eigenvalue weighted by molar-refractivity contribution is 5.38. The Labute approximate surface area is 99.2 Å². The summed E-state index contributed by atoms with van der Waals surface area (Å²) in [5.74, 6) is 5.70. The van der Waals surface area contributed by atoms with Gasteiger partial charge in [0, 0.05) is 0 Å². The first kappa shape index (κ1) is 13.2. The molecule has 0 saturated heterocycles. The van der Waals surface area contributed by atoms with E-state index >= 15 is 0 Å². The van der Waals surface area contributed by atoms with Crippen LogP contribution in [0.3, 0.4) is 0 Å². The summed E-state index contributed by atoms with van der Waals surface area (Å²) >= 11 is 0. The third-order valence-electron chi connectivity index (χ3n) is 3.23. The van der Waals surface area contributed by atoms with Gasteiger partial charge in [-0.2, -0.15) is 0 Å². The van der Waals surface area contributed by atoms with Gasteiger partial charge in [0.15, 0.2) is 0 Å². The lowest BCUT2D eigenvalue weighted by Gasteiger charge is -2.32. The molecular weight excluding hydrogens is 196 g/mol. The topological polar surface area (TPSA) is 38.0 Å². The summed E-state index contributed by atoms with van der Waals surface area (Å²) < 4.78 is 0. The molecule has 2 nitrogen and oxygen atoms in total. The predicted octanol–water partition coefficient (Wildman–Crippen LogP) is 3.16. The number of hydrogen-bond donors (Lipinski definition) is 2. The molecule has 0 bridgehead atoms. The molecule has 90 valence electrons. The summed E-state index contributed by atoms with van der Waals surface area (Å²) in [5, 5.41) is 0. The van der Waals surface area contributed by atoms with Crippen LogP contribution in [-0.2, 0) is 0 Å². The second-order valence-corrected chi connectivity index (χ2v) is 5.76. The van der Waals surface area contributed by atoms with Crippen LogP contribution in [-0.4, -0.2) is 0 Å². The Morgan fingerprint density at radius 3 is 1.94 bits per heavy atom. The molecular formula is C14H24N2. The van der Waals surface area contributed by atoms with Crippen molar-refractivity contribution in [3.63, 3.8) is 0 Å². The van der Waals surface area contributed by atoms with Crippen LogP contribution in [0, 0.1) is 26.2 Å². The van der Waals surface area contributed by atoms with Crippen molar-refractivity contribution >= 4 is 0 Å². The number of aryl methyl sites for hydroxylation is 3. The Balaban J connectivity index is 3.26. The van der Waals surface area contributed by atoms with Crippen LogP contribution in [0.25, 0.3) is 0 Å². The number of nitrogens with one attached hydrogen (secondary N) is 1. The van der Waals surface area contributed by atoms with Gasteiger partial charge in [-0.25, -0.2) is 0 Å². The van der Waals surface area contributed by atoms with Crippen LogP contribution < -0.4 is 11.3 Å². The minimum Gasteiger partial charge on any atom is -0.271 e. The second kappa shape index (κ2) is 4.56. The minimum atomic E-state index is 0.112. The van der Waals surface area contributed by atoms with Gasteiger partial charge >= 0.3 is 0 Å². The minimum absolute atomic E-state index is 0.112. The summed E-state index contributed by atoms with van der Waals surface area (Å²) in [6.45, 7) is 13.0. The van der Waals surface area contributed by atoms with E-state index in [9.17, 15) is 0 Å². The van der Waals surface area contributed by atoms with Crippen molar-refractivity contribution in [2.24, 2.45) is 11.3 Å². The van der Waals surface area contributed by atoms with Crippen molar-refractivity contribution in [1.29, 1.82) is 0 Å². The lowest BCUT2D eigenvalue weighted by atomic mass is 9.80. The molecule has 0 fully saturated rings. The lowest BCUT2D eigenvalue weighted by molar-refractivity contribution is 0.274. The second-order valence-electron chi connectivity index (χ2n) is 5.76. The number of nitrogens with two attached hydrogens (primary N) is 1. The molecule has 0 aliphatic rings. The number of rotatable bonds is 2. The van der Waals surface area contributed by atoms with E-state index in [2.05, 4.69) is 59.1 Å². The zero-order valence-electron chi connectivity index (χ0n) is 11.3. The summed E-state index contributed by atoms with van der Waals surface area (Å²) in [7, 11) is 0. The van der Waals surface area contributed by atoms with E-state index in [0.29, 0.717) is 0 Å². The van der Waals surface area contributed by atoms with Crippen molar-refractivity contribution in [1.82, 2.24) is 5.43 Å². The van der Waals surface area contributed by atoms with Crippen LogP contribution in [0.15, 0.2) is 12.1 Å². The molecule has 0 aromatic heterocycles. The molecule has 1 aromatic rings. The smallest absolute Gasteiger partial charge is 0.0510 e. The summed E-state index contributed by atoms with van der Waals surface area (Å²) in [6.07, 6.45) is 0. The van der Waals surface area contributed by atoms with Gasteiger partial charge in [0.1, 0.15) is 0 Å². The van der Waals surface area contributed by atoms with Crippen LogP contribution in [0.5, 0.6) is 0 Å². The van der Waals surface area contributed by atoms with E-state index in [0.717, 1.165) is 0 Å². The summed E-state index contributed by atoms with van der Waals surface area (Å²) in [4.78, 5) is 0. The Hall–Kier alpha value is -0.860. The molecule has 0 saturated carbocycles. The van der Waals surface area contributed by atoms with Crippen LogP contribution in [0.1, 0.15) is 49.1 Å². The van der Waals surface area contributed by atoms with Gasteiger partial charge in [-0.1, -0.05) is 32.9 Å². The molecule has 0 aliphatic carbocycles. The average Bonchev–Trinajstić information content (AvgIpc) is 2.12. The molecule has 0 spiro atoms. The highest BCUT2D eigenvalue weighted by Gasteiger charge is 2.26. The molecule has 0 heterocycles. The molecule has 16 heavy (non-hydrogen) atoms. The third-order valence-corrected chi connectivity index (χ3v) is 3.23. The Kier molecular flexibility index (Phi) is 3.76. The first-order valence-corrected chi connectivity index (χ1v) is 5.81. The number of hydrogen-bond acceptors (Lipinski definition) is 2. The number of hydrazine groups is 1. The number of benzene rings is 1. The van der Waals surface area contributed by atoms with Gasteiger partial charge in [0.2, 0.25) is 0 Å². The van der Waals surface area contributed by atoms with Gasteiger partial charge in [0.25, 0.3) is 0 Å². The fraction of sp³-hybridized carbons (Fsp3) is 0.571. The highest BCUT2D eigenvalue weighted by Crippen LogP contribution is 2.34. The summed E-state index contributed by atoms with van der Waals surface area (Å²) in [5.41, 5.74) is 8.33. The molecule has 2 heteroatoms. The van der Waals surface area contributed by atoms with E-state index in [1.165, 1.54) is 22.3 Å². The van der Waals surface area contributed by atoms with Crippen molar-refractivity contribution in [3.8, 4) is 0 Å². The maximum Gasteiger partial charge on any atom is 0.0510 e. The molecule has 1 rings (SSSR count). The third kappa shape index (κ3) is 2.63. The largest absolute Gasteiger partial charge is 0.271 e. The molecule has 0 aliphatic heterocycles. The van der Waals surface area contributed by atoms with Gasteiger partial charge in [-0.05, 0) is 48.4 Å². The van der Waals surface area contributed by atoms with Crippen molar-refractivity contribution < 1.29 is 0 Å². The van der Waals surface area contributed by atoms with E-state index in [1.807, 2.05) is 0 Å². The Morgan fingerprint density at radius 2 is 1.50 bits per heavy atom. The maximum atomic E-state index is 5.70. The maximum absolute atomic E-state index is 5.70. The zero-order chi connectivity index (χ0) is 12.5. The fourth-order valence-corrected chi connectivity index (χ4v) is 2.10. The van der Waals surface area contributed by atoms with Crippen LogP contribution in [0.4, 0.5) is 0 Å². The van der Waals surface area contributed by atoms with E-state index in [4.69, 9.17) is 5.84 Å². The first-order valence-electron chi connectivity index (χ1n) is 5.81. The van der Waals surface area contributed by atoms with E-state index in [1.54, 1.807) is 0 Å². The van der Waals surface area contributed by atoms with Gasteiger partial charge in [-0.3, -0.25) is 11.3 Å². The van der Waals surface area contributed by atoms with Crippen LogP contribution >= 0.6 is 0 Å². The molecule has 3 N–H and O–H groups in total. The van der Waals surface area contributed by atoms with E-state index in [-0.39, 0.29) is 11.5 Å². The quantitative estimate of drug-likeness (QED) is 0.593. The molecule has 1 unspecified atom stereocenters. The monoisotopic (exact) mass is 220 g/mol. The summed E-state index contributed by atoms with van der Waals surface area (Å²) in [6, 6.07) is 4.67. The molecule has 0 radical (unpaired) electrons. The lowest BCUT2D eigenvalue weighted by Crippen LogP contribution is -2.37. The van der Waals surface area contributed by atoms with Gasteiger partial charge in [0.05, 0.1) is 6.04 Å². The first-order chi connectivity index (χ1) is 7.27. The predicted molar refractivity (Wildman–Crippen MR) is 70.2 cm³/mol. The van der Waals surface area contributed by atoms with Gasteiger partial charge in [-0.15, -0.1) is 0 Å². The van der Waals surface area contributed by atoms with Gasteiger partial charge < -0.3 is 0 Å². The average molecular weight is 220 g/mol. The molecule has 1 aromatic carbocycles. The SMILES string of the molecule is Cc1cc(C)c(C(NN)C(C)(C)C)cc1C. The fourth-order valence-electron chi connectivity index (χ4n) is 2.10. The Bertz CT molecular complexity index is 375. The van der Waals surface area contributed by atoms with Crippen molar-refractivity contribution in [2.75, 3.05) is 0 Å². The normalized spacial score (nSPS) is 13.9. The highest BCUT2D eigenvalue weighted by atomic mass is 15.2. The zero-order valence-corrected chi connectivity index (χ0v) is 11.3. The molecule has 1 atom stereocenters. The van der Waals surface area contributed by atoms with Crippen molar-refractivity contribution in [3.05, 3.63) is 34.4 Å². The Morgan fingerprint density at radius 1 is 1.00 bits per heavy atom. The molecule has 0 amide bonds. The van der Waals surface area contributed by atoms with E-state index < -0.39 is 0 Å². The standard InChI is InChI=1S/C14H24N2/c1-9-7-11(3)12(8-10(9)2)13(16-15)14(4,5)6/h7-8,13,16H,15H2,1-6H3. The van der Waals surface area contributed by atoms with Crippen molar-refractivity contribution in [2.45, 2.75) is 47.6 Å².